The molecule has 2 amide bonds. The van der Waals surface area contributed by atoms with Gasteiger partial charge in [0.05, 0.1) is 5.56 Å². The topological polar surface area (TPSA) is 128 Å². The number of hydrogen-bond donors (Lipinski definition) is 3. The normalized spacial score (nSPS) is 11.8. The number of hydrogen-bond acceptors (Lipinski definition) is 5. The fourth-order valence-corrected chi connectivity index (χ4v) is 2.28. The van der Waals surface area contributed by atoms with Crippen LogP contribution in [0.3, 0.4) is 0 Å². The number of rotatable bonds is 5. The second kappa shape index (κ2) is 7.74. The summed E-state index contributed by atoms with van der Waals surface area (Å²) in [6.07, 6.45) is -0.703. The minimum atomic E-state index is -4.46. The van der Waals surface area contributed by atoms with Crippen molar-refractivity contribution in [2.24, 2.45) is 5.14 Å². The van der Waals surface area contributed by atoms with Crippen LogP contribution in [0.1, 0.15) is 31.1 Å². The van der Waals surface area contributed by atoms with E-state index in [0.29, 0.717) is 6.07 Å². The minimum absolute atomic E-state index is 0.0223. The average molecular weight is 379 g/mol. The molecule has 0 aliphatic rings. The molecule has 1 aromatic rings. The summed E-state index contributed by atoms with van der Waals surface area (Å²) in [7, 11) is -4.46. The summed E-state index contributed by atoms with van der Waals surface area (Å²) in [6.45, 7) is 4.91. The number of carbonyl (C=O) groups excluding carboxylic acids is 2. The van der Waals surface area contributed by atoms with Crippen LogP contribution in [0.25, 0.3) is 0 Å². The van der Waals surface area contributed by atoms with Gasteiger partial charge in [-0.05, 0) is 26.8 Å². The fraction of sp³-hybridized carbons (Fsp3) is 0.429. The van der Waals surface area contributed by atoms with E-state index in [1.807, 2.05) is 0 Å². The van der Waals surface area contributed by atoms with Crippen molar-refractivity contribution >= 4 is 22.0 Å². The highest BCUT2D eigenvalue weighted by molar-refractivity contribution is 7.89. The standard InChI is InChI=1S/C14H19F2N3O5S/c1-14(2,3)24-13(21)19-5-4-18-12(20)8-6-11(25(17,22)23)10(16)7-9(8)15/h6-7H,4-5H2,1-3H3,(H,18,20)(H,19,21)(H2,17,22,23). The Labute approximate surface area is 143 Å². The second-order valence-electron chi connectivity index (χ2n) is 5.99. The Morgan fingerprint density at radius 3 is 2.20 bits per heavy atom. The Balaban J connectivity index is 2.69. The quantitative estimate of drug-likeness (QED) is 0.654. The van der Waals surface area contributed by atoms with Gasteiger partial charge >= 0.3 is 6.09 Å². The molecule has 8 nitrogen and oxygen atoms in total. The zero-order chi connectivity index (χ0) is 19.4. The van der Waals surface area contributed by atoms with E-state index in [1.165, 1.54) is 0 Å². The largest absolute Gasteiger partial charge is 0.444 e. The van der Waals surface area contributed by atoms with Crippen molar-refractivity contribution in [2.75, 3.05) is 13.1 Å². The first-order chi connectivity index (χ1) is 11.3. The third kappa shape index (κ3) is 6.63. The van der Waals surface area contributed by atoms with Gasteiger partial charge in [-0.3, -0.25) is 4.79 Å². The molecule has 0 atom stereocenters. The van der Waals surface area contributed by atoms with Crippen LogP contribution < -0.4 is 15.8 Å². The molecule has 25 heavy (non-hydrogen) atoms. The molecule has 1 rings (SSSR count). The van der Waals surface area contributed by atoms with E-state index in [1.54, 1.807) is 20.8 Å². The van der Waals surface area contributed by atoms with E-state index in [9.17, 15) is 26.8 Å². The van der Waals surface area contributed by atoms with E-state index >= 15 is 0 Å². The monoisotopic (exact) mass is 379 g/mol. The van der Waals surface area contributed by atoms with Crippen LogP contribution in [0.5, 0.6) is 0 Å². The van der Waals surface area contributed by atoms with Crippen molar-refractivity contribution in [3.8, 4) is 0 Å². The smallest absolute Gasteiger partial charge is 0.407 e. The fourth-order valence-electron chi connectivity index (χ4n) is 1.67. The van der Waals surface area contributed by atoms with Crippen LogP contribution in [-0.4, -0.2) is 39.1 Å². The summed E-state index contributed by atoms with van der Waals surface area (Å²) >= 11 is 0. The maximum atomic E-state index is 13.7. The number of sulfonamides is 1. The molecule has 0 bridgehead atoms. The maximum Gasteiger partial charge on any atom is 0.407 e. The lowest BCUT2D eigenvalue weighted by Crippen LogP contribution is -2.38. The first kappa shape index (κ1) is 20.8. The lowest BCUT2D eigenvalue weighted by molar-refractivity contribution is 0.0526. The number of ether oxygens (including phenoxy) is 1. The van der Waals surface area contributed by atoms with E-state index in [4.69, 9.17) is 9.88 Å². The lowest BCUT2D eigenvalue weighted by atomic mass is 10.2. The molecule has 0 saturated carbocycles. The van der Waals surface area contributed by atoms with Crippen molar-refractivity contribution in [1.29, 1.82) is 0 Å². The number of alkyl carbamates (subject to hydrolysis) is 1. The van der Waals surface area contributed by atoms with Crippen LogP contribution in [0.4, 0.5) is 13.6 Å². The molecular formula is C14H19F2N3O5S. The van der Waals surface area contributed by atoms with Gasteiger partial charge in [0.15, 0.2) is 0 Å². The zero-order valence-corrected chi connectivity index (χ0v) is 14.7. The number of halogens is 2. The third-order valence-corrected chi connectivity index (χ3v) is 3.58. The Morgan fingerprint density at radius 2 is 1.68 bits per heavy atom. The Hall–Kier alpha value is -2.27. The van der Waals surface area contributed by atoms with E-state index in [2.05, 4.69) is 10.6 Å². The third-order valence-electron chi connectivity index (χ3n) is 2.65. The van der Waals surface area contributed by atoms with Crippen LogP contribution in [0.2, 0.25) is 0 Å². The maximum absolute atomic E-state index is 13.7. The molecule has 0 aliphatic heterocycles. The van der Waals surface area contributed by atoms with Gasteiger partial charge in [-0.1, -0.05) is 0 Å². The highest BCUT2D eigenvalue weighted by Crippen LogP contribution is 2.18. The summed E-state index contributed by atoms with van der Waals surface area (Å²) in [5, 5.41) is 9.41. The molecule has 4 N–H and O–H groups in total. The molecule has 0 saturated heterocycles. The van der Waals surface area contributed by atoms with Gasteiger partial charge in [0.2, 0.25) is 10.0 Å². The van der Waals surface area contributed by atoms with Crippen molar-refractivity contribution < 1.29 is 31.5 Å². The molecule has 0 spiro atoms. The Kier molecular flexibility index (Phi) is 6.43. The van der Waals surface area contributed by atoms with Crippen molar-refractivity contribution in [3.05, 3.63) is 29.3 Å². The molecule has 140 valence electrons. The Morgan fingerprint density at radius 1 is 1.12 bits per heavy atom. The van der Waals surface area contributed by atoms with Crippen LogP contribution in [0, 0.1) is 11.6 Å². The highest BCUT2D eigenvalue weighted by atomic mass is 32.2. The van der Waals surface area contributed by atoms with Crippen LogP contribution in [-0.2, 0) is 14.8 Å². The second-order valence-corrected chi connectivity index (χ2v) is 7.52. The summed E-state index contributed by atoms with van der Waals surface area (Å²) in [5.41, 5.74) is -1.38. The van der Waals surface area contributed by atoms with Gasteiger partial charge in [0.25, 0.3) is 5.91 Å². The molecule has 0 aromatic heterocycles. The van der Waals surface area contributed by atoms with Gasteiger partial charge in [-0.25, -0.2) is 27.1 Å². The van der Waals surface area contributed by atoms with Crippen molar-refractivity contribution in [2.45, 2.75) is 31.3 Å². The SMILES string of the molecule is CC(C)(C)OC(=O)NCCNC(=O)c1cc(S(N)(=O)=O)c(F)cc1F. The lowest BCUT2D eigenvalue weighted by Gasteiger charge is -2.19. The molecule has 0 aliphatic carbocycles. The number of amides is 2. The van der Waals surface area contributed by atoms with Gasteiger partial charge in [0, 0.05) is 19.2 Å². The van der Waals surface area contributed by atoms with Crippen molar-refractivity contribution in [3.63, 3.8) is 0 Å². The van der Waals surface area contributed by atoms with Crippen LogP contribution in [0.15, 0.2) is 17.0 Å². The number of carbonyl (C=O) groups is 2. The Bertz CT molecular complexity index is 775. The van der Waals surface area contributed by atoms with Gasteiger partial charge in [-0.15, -0.1) is 0 Å². The van der Waals surface area contributed by atoms with Gasteiger partial charge in [-0.2, -0.15) is 0 Å². The predicted octanol–water partition coefficient (Wildman–Crippen LogP) is 0.867. The number of primary sulfonamides is 1. The molecular weight excluding hydrogens is 360 g/mol. The highest BCUT2D eigenvalue weighted by Gasteiger charge is 2.21. The molecule has 1 aromatic carbocycles. The van der Waals surface area contributed by atoms with E-state index in [0.717, 1.165) is 0 Å². The van der Waals surface area contributed by atoms with E-state index < -0.39 is 49.7 Å². The molecule has 11 heteroatoms. The minimum Gasteiger partial charge on any atom is -0.444 e. The first-order valence-corrected chi connectivity index (χ1v) is 8.63. The number of nitrogens with one attached hydrogen (secondary N) is 2. The van der Waals surface area contributed by atoms with Gasteiger partial charge < -0.3 is 15.4 Å². The average Bonchev–Trinajstić information content (AvgIpc) is 2.40. The first-order valence-electron chi connectivity index (χ1n) is 7.08. The summed E-state index contributed by atoms with van der Waals surface area (Å²) < 4.78 is 54.5. The summed E-state index contributed by atoms with van der Waals surface area (Å²) in [6, 6.07) is 0.768. The molecule has 0 unspecified atom stereocenters. The predicted molar refractivity (Wildman–Crippen MR) is 84.3 cm³/mol. The number of benzene rings is 1. The van der Waals surface area contributed by atoms with Gasteiger partial charge in [0.1, 0.15) is 22.1 Å². The molecule has 0 radical (unpaired) electrons. The van der Waals surface area contributed by atoms with E-state index in [-0.39, 0.29) is 19.2 Å². The zero-order valence-electron chi connectivity index (χ0n) is 13.9. The molecule has 0 heterocycles. The van der Waals surface area contributed by atoms with Crippen molar-refractivity contribution in [1.82, 2.24) is 10.6 Å². The number of nitrogens with two attached hydrogens (primary N) is 1. The van der Waals surface area contributed by atoms with Crippen LogP contribution >= 0.6 is 0 Å². The summed E-state index contributed by atoms with van der Waals surface area (Å²) in [5.74, 6) is -3.64. The summed E-state index contributed by atoms with van der Waals surface area (Å²) in [4.78, 5) is 22.3. The molecule has 0 fully saturated rings.